The van der Waals surface area contributed by atoms with Gasteiger partial charge in [0.05, 0.1) is 48.6 Å². The molecule has 0 saturated carbocycles. The molecule has 18 heteroatoms. The molecule has 0 amide bonds. The fourth-order valence-corrected chi connectivity index (χ4v) is 9.70. The molecule has 372 valence electrons. The third-order valence-electron chi connectivity index (χ3n) is 13.0. The van der Waals surface area contributed by atoms with E-state index in [1.165, 1.54) is 27.9 Å². The first-order valence-electron chi connectivity index (χ1n) is 23.1. The first-order chi connectivity index (χ1) is 30.6. The van der Waals surface area contributed by atoms with Crippen molar-refractivity contribution in [3.8, 4) is 0 Å². The van der Waals surface area contributed by atoms with Crippen molar-refractivity contribution in [2.75, 3.05) is 35.3 Å². The molecule has 19 atom stereocenters. The smallest absolute Gasteiger partial charge is 0.309 e. The average molecular weight is 927 g/mol. The van der Waals surface area contributed by atoms with E-state index in [4.69, 9.17) is 47.4 Å². The Morgan fingerprint density at radius 1 is 0.846 bits per heavy atom. The first-order valence-corrected chi connectivity index (χ1v) is 23.1. The van der Waals surface area contributed by atoms with Gasteiger partial charge in [0.2, 0.25) is 0 Å². The fourth-order valence-electron chi connectivity index (χ4n) is 9.70. The molecule has 0 aliphatic carbocycles. The summed E-state index contributed by atoms with van der Waals surface area (Å²) in [5.41, 5.74) is -1.52. The Morgan fingerprint density at radius 2 is 1.52 bits per heavy atom. The van der Waals surface area contributed by atoms with Gasteiger partial charge in [0.1, 0.15) is 36.8 Å². The summed E-state index contributed by atoms with van der Waals surface area (Å²) in [6, 6.07) is -0.519. The lowest BCUT2D eigenvalue weighted by Gasteiger charge is -2.50. The zero-order valence-electron chi connectivity index (χ0n) is 40.7. The molecule has 4 aliphatic heterocycles. The van der Waals surface area contributed by atoms with Crippen molar-refractivity contribution in [2.24, 2.45) is 11.8 Å². The fraction of sp³-hybridized carbons (Fsp3) is 0.830. The maximum Gasteiger partial charge on any atom is 0.309 e. The van der Waals surface area contributed by atoms with E-state index in [1.54, 1.807) is 39.8 Å². The highest BCUT2D eigenvalue weighted by Crippen LogP contribution is 2.38. The molecular weight excluding hydrogens is 849 g/mol. The Bertz CT molecular complexity index is 1590. The summed E-state index contributed by atoms with van der Waals surface area (Å²) in [5.74, 6) is -2.95. The number of cyclic esters (lactones) is 1. The van der Waals surface area contributed by atoms with Crippen molar-refractivity contribution < 1.29 is 76.8 Å². The molecule has 0 aromatic rings. The summed E-state index contributed by atoms with van der Waals surface area (Å²) < 4.78 is 63.0. The van der Waals surface area contributed by atoms with Gasteiger partial charge in [-0.15, -0.1) is 0 Å². The third-order valence-corrected chi connectivity index (χ3v) is 13.0. The van der Waals surface area contributed by atoms with Crippen LogP contribution in [0.15, 0.2) is 24.3 Å². The molecule has 3 fully saturated rings. The van der Waals surface area contributed by atoms with Gasteiger partial charge >= 0.3 is 17.9 Å². The zero-order chi connectivity index (χ0) is 48.3. The molecule has 0 spiro atoms. The number of aliphatic hydroxyl groups is 2. The van der Waals surface area contributed by atoms with Gasteiger partial charge in [-0.05, 0) is 93.9 Å². The van der Waals surface area contributed by atoms with Crippen molar-refractivity contribution >= 4 is 24.2 Å². The second kappa shape index (κ2) is 24.9. The van der Waals surface area contributed by atoms with E-state index in [-0.39, 0.29) is 30.9 Å². The summed E-state index contributed by atoms with van der Waals surface area (Å²) >= 11 is 0. The molecule has 65 heavy (non-hydrogen) atoms. The van der Waals surface area contributed by atoms with Gasteiger partial charge in [-0.25, -0.2) is 0 Å². The van der Waals surface area contributed by atoms with Gasteiger partial charge in [0.15, 0.2) is 25.0 Å². The van der Waals surface area contributed by atoms with E-state index >= 15 is 0 Å². The molecule has 2 N–H and O–H groups in total. The predicted octanol–water partition coefficient (Wildman–Crippen LogP) is 3.47. The minimum atomic E-state index is -1.52. The van der Waals surface area contributed by atoms with Crippen molar-refractivity contribution in [2.45, 2.75) is 204 Å². The van der Waals surface area contributed by atoms with Gasteiger partial charge in [-0.3, -0.25) is 14.4 Å². The number of esters is 3. The quantitative estimate of drug-likeness (QED) is 0.154. The molecule has 0 radical (unpaired) electrons. The monoisotopic (exact) mass is 927 g/mol. The average Bonchev–Trinajstić information content (AvgIpc) is 3.19. The zero-order valence-corrected chi connectivity index (χ0v) is 40.7. The number of nitrogens with zero attached hydrogens (tertiary/aromatic N) is 2. The van der Waals surface area contributed by atoms with Gasteiger partial charge in [0.25, 0.3) is 0 Å². The lowest BCUT2D eigenvalue weighted by Crippen LogP contribution is -2.66. The van der Waals surface area contributed by atoms with Crippen LogP contribution < -0.4 is 0 Å². The summed E-state index contributed by atoms with van der Waals surface area (Å²) in [7, 11) is 9.01. The number of aldehydes is 1. The topological polar surface area (TPSA) is 208 Å². The van der Waals surface area contributed by atoms with Crippen LogP contribution in [0.5, 0.6) is 0 Å². The maximum absolute atomic E-state index is 13.5. The van der Waals surface area contributed by atoms with Crippen LogP contribution in [0, 0.1) is 11.8 Å². The highest BCUT2D eigenvalue weighted by atomic mass is 16.7. The third kappa shape index (κ3) is 15.3. The molecule has 0 aromatic heterocycles. The largest absolute Gasteiger partial charge is 0.462 e. The number of hydrogen-bond donors (Lipinski definition) is 2. The second-order valence-corrected chi connectivity index (χ2v) is 19.0. The van der Waals surface area contributed by atoms with Crippen LogP contribution in [0.25, 0.3) is 0 Å². The maximum atomic E-state index is 13.5. The Hall–Kier alpha value is -2.88. The molecule has 4 aliphatic rings. The standard InChI is InChI=1S/C47H78N2O16/c1-26-23-33(21-22-50)42(65-46-44(62-32(7)52)40(49(11)12)41(29(4)60-46)64-39-25-47(8,55)45(54)30(5)59-39)43(56-13)36(61-31(6)51)24-37(53)57-27(2)17-15-14-16-18-35(26)63-38-20-19-34(48(9)10)28(3)58-38/h14-16,18,22,26-30,33-36,38-46,54-55H,17,19-21,23-25H2,1-13H3/b15-14+,18-16+/t26-,27-,28-,29-,30+,33+,34+,35+,36-,38?,39+,40+,41-,42+,43+,44-,45+,46+,47-/m1/s1. The highest BCUT2D eigenvalue weighted by molar-refractivity contribution is 5.72. The van der Waals surface area contributed by atoms with E-state index in [0.717, 1.165) is 12.7 Å². The van der Waals surface area contributed by atoms with E-state index in [0.29, 0.717) is 19.3 Å². The lowest BCUT2D eigenvalue weighted by molar-refractivity contribution is -0.344. The van der Waals surface area contributed by atoms with Crippen LogP contribution in [0.4, 0.5) is 0 Å². The number of methoxy groups -OCH3 is 1. The van der Waals surface area contributed by atoms with Crippen LogP contribution in [0.2, 0.25) is 0 Å². The summed E-state index contributed by atoms with van der Waals surface area (Å²) in [6.45, 7) is 13.2. The van der Waals surface area contributed by atoms with Gasteiger partial charge in [-0.2, -0.15) is 0 Å². The van der Waals surface area contributed by atoms with Gasteiger partial charge in [0, 0.05) is 46.3 Å². The Kier molecular flexibility index (Phi) is 21.0. The van der Waals surface area contributed by atoms with E-state index in [9.17, 15) is 29.4 Å². The van der Waals surface area contributed by atoms with Crippen molar-refractivity contribution in [3.63, 3.8) is 0 Å². The highest BCUT2D eigenvalue weighted by Gasteiger charge is 2.54. The molecule has 4 rings (SSSR count). The molecule has 0 aromatic carbocycles. The van der Waals surface area contributed by atoms with Gasteiger partial charge < -0.3 is 72.2 Å². The van der Waals surface area contributed by atoms with Crippen LogP contribution in [0.1, 0.15) is 100 Å². The number of allylic oxidation sites excluding steroid dienone is 2. The van der Waals surface area contributed by atoms with E-state index < -0.39 is 122 Å². The van der Waals surface area contributed by atoms with Crippen LogP contribution in [-0.2, 0) is 66.5 Å². The molecule has 18 nitrogen and oxygen atoms in total. The summed E-state index contributed by atoms with van der Waals surface area (Å²) in [4.78, 5) is 56.0. The SMILES string of the molecule is CO[C@@H]1[C@@H](O[C@@H]2O[C@H](C)[C@@H](O[C@H]3C[C@@](C)(O)[C@@H](O)[C@H](C)O3)[C@H](N(C)C)[C@H]2OC(C)=O)[C@@H](CC=O)C[C@@H](C)[C@@H](OC2CC[C@H](N(C)C)[C@@H](C)O2)/C=C/C=C/C[C@@H](C)OC(=O)C[C@H]1OC(C)=O. The summed E-state index contributed by atoms with van der Waals surface area (Å²) in [5, 5.41) is 21.6. The predicted molar refractivity (Wildman–Crippen MR) is 236 cm³/mol. The molecule has 0 bridgehead atoms. The number of carbonyl (C=O) groups is 4. The summed E-state index contributed by atoms with van der Waals surface area (Å²) in [6.07, 6.45) is -2.13. The minimum absolute atomic E-state index is 0.0549. The van der Waals surface area contributed by atoms with Crippen LogP contribution in [-0.4, -0.2) is 183 Å². The van der Waals surface area contributed by atoms with Crippen molar-refractivity contribution in [3.05, 3.63) is 24.3 Å². The minimum Gasteiger partial charge on any atom is -0.462 e. The van der Waals surface area contributed by atoms with Crippen LogP contribution in [0.3, 0.4) is 0 Å². The number of rotatable bonds is 13. The number of hydrogen-bond acceptors (Lipinski definition) is 18. The number of aliphatic hydroxyl groups excluding tert-OH is 1. The Morgan fingerprint density at radius 3 is 2.11 bits per heavy atom. The molecule has 1 unspecified atom stereocenters. The van der Waals surface area contributed by atoms with Crippen LogP contribution >= 0.6 is 0 Å². The van der Waals surface area contributed by atoms with E-state index in [2.05, 4.69) is 4.90 Å². The number of ether oxygens (including phenoxy) is 10. The molecule has 4 heterocycles. The lowest BCUT2D eigenvalue weighted by atomic mass is 9.82. The Labute approximate surface area is 385 Å². The molecular formula is C47H78N2O16. The Balaban J connectivity index is 1.80. The second-order valence-electron chi connectivity index (χ2n) is 19.0. The number of carbonyl (C=O) groups excluding carboxylic acids is 4. The van der Waals surface area contributed by atoms with Gasteiger partial charge in [-0.1, -0.05) is 31.2 Å². The molecule has 3 saturated heterocycles. The van der Waals surface area contributed by atoms with Crippen molar-refractivity contribution in [1.82, 2.24) is 9.80 Å². The van der Waals surface area contributed by atoms with Crippen molar-refractivity contribution in [1.29, 1.82) is 0 Å². The van der Waals surface area contributed by atoms with E-state index in [1.807, 2.05) is 52.2 Å². The normalized spacial score (nSPS) is 42.4. The number of likely N-dealkylation sites (N-methyl/N-ethyl adjacent to an activating group) is 2. The first kappa shape index (κ1) is 54.7.